The molecule has 10 heteroatoms. The summed E-state index contributed by atoms with van der Waals surface area (Å²) in [5, 5.41) is 4.89. The van der Waals surface area contributed by atoms with Crippen LogP contribution in [0.2, 0.25) is 5.02 Å². The summed E-state index contributed by atoms with van der Waals surface area (Å²) >= 11 is 5.87. The third-order valence-corrected chi connectivity index (χ3v) is 5.02. The van der Waals surface area contributed by atoms with E-state index in [9.17, 15) is 18.8 Å². The van der Waals surface area contributed by atoms with Crippen LogP contribution in [0.4, 0.5) is 4.39 Å². The second kappa shape index (κ2) is 11.2. The maximum absolute atomic E-state index is 13.5. The predicted octanol–water partition coefficient (Wildman–Crippen LogP) is 3.29. The Morgan fingerprint density at radius 1 is 1.06 bits per heavy atom. The third kappa shape index (κ3) is 6.08. The molecule has 3 rings (SSSR count). The highest BCUT2D eigenvalue weighted by molar-refractivity contribution is 6.31. The number of hydrogen-bond acceptors (Lipinski definition) is 6. The fourth-order valence-electron chi connectivity index (χ4n) is 2.89. The highest BCUT2D eigenvalue weighted by atomic mass is 35.5. The first-order valence-electron chi connectivity index (χ1n) is 10.1. The SMILES string of the molecule is CNC(=O)COc1ccc(C(=O)NCC(=O)c2ccc(OC)c(-c3ccc(F)c(Cl)c3)n2)cc1. The van der Waals surface area contributed by atoms with Crippen molar-refractivity contribution < 1.29 is 28.2 Å². The van der Waals surface area contributed by atoms with Gasteiger partial charge in [-0.1, -0.05) is 11.6 Å². The van der Waals surface area contributed by atoms with Crippen molar-refractivity contribution in [2.75, 3.05) is 27.3 Å². The summed E-state index contributed by atoms with van der Waals surface area (Å²) in [6.45, 7) is -0.436. The van der Waals surface area contributed by atoms with Crippen molar-refractivity contribution >= 4 is 29.2 Å². The van der Waals surface area contributed by atoms with Crippen molar-refractivity contribution in [2.45, 2.75) is 0 Å². The molecule has 2 aromatic carbocycles. The van der Waals surface area contributed by atoms with Crippen LogP contribution in [-0.4, -0.2) is 49.9 Å². The molecule has 0 aliphatic heterocycles. The van der Waals surface area contributed by atoms with E-state index in [1.165, 1.54) is 50.6 Å². The van der Waals surface area contributed by atoms with E-state index in [0.717, 1.165) is 0 Å². The molecule has 0 bridgehead atoms. The van der Waals surface area contributed by atoms with E-state index in [4.69, 9.17) is 21.1 Å². The van der Waals surface area contributed by atoms with E-state index < -0.39 is 17.5 Å². The van der Waals surface area contributed by atoms with Crippen LogP contribution in [0.25, 0.3) is 11.3 Å². The maximum Gasteiger partial charge on any atom is 0.257 e. The molecular formula is C24H21ClFN3O5. The Morgan fingerprint density at radius 2 is 1.79 bits per heavy atom. The lowest BCUT2D eigenvalue weighted by molar-refractivity contribution is -0.122. The van der Waals surface area contributed by atoms with Crippen molar-refractivity contribution in [1.29, 1.82) is 0 Å². The normalized spacial score (nSPS) is 10.4. The highest BCUT2D eigenvalue weighted by Gasteiger charge is 2.16. The Balaban J connectivity index is 1.67. The van der Waals surface area contributed by atoms with Gasteiger partial charge in [-0.15, -0.1) is 0 Å². The molecule has 1 heterocycles. The van der Waals surface area contributed by atoms with E-state index in [1.54, 1.807) is 18.2 Å². The predicted molar refractivity (Wildman–Crippen MR) is 124 cm³/mol. The van der Waals surface area contributed by atoms with Gasteiger partial charge in [0.1, 0.15) is 28.7 Å². The average molecular weight is 486 g/mol. The number of benzene rings is 2. The number of aromatic nitrogens is 1. The van der Waals surface area contributed by atoms with Gasteiger partial charge in [0.05, 0.1) is 18.7 Å². The Hall–Kier alpha value is -3.98. The molecule has 3 aromatic rings. The minimum absolute atomic E-state index is 0.0876. The number of hydrogen-bond donors (Lipinski definition) is 2. The summed E-state index contributed by atoms with van der Waals surface area (Å²) < 4.78 is 24.1. The number of ether oxygens (including phenoxy) is 2. The largest absolute Gasteiger partial charge is 0.494 e. The van der Waals surface area contributed by atoms with Gasteiger partial charge in [-0.2, -0.15) is 0 Å². The number of halogens is 2. The van der Waals surface area contributed by atoms with E-state index >= 15 is 0 Å². The molecule has 0 spiro atoms. The number of carbonyl (C=O) groups excluding carboxylic acids is 3. The fraction of sp³-hybridized carbons (Fsp3) is 0.167. The van der Waals surface area contributed by atoms with Crippen LogP contribution in [0.1, 0.15) is 20.8 Å². The standard InChI is InChI=1S/C24H21ClFN3O5/c1-27-22(31)13-34-16-6-3-14(4-7-16)24(32)28-12-20(30)19-9-10-21(33-2)23(29-19)15-5-8-18(26)17(25)11-15/h3-11H,12-13H2,1-2H3,(H,27,31)(H,28,32). The average Bonchev–Trinajstić information content (AvgIpc) is 2.87. The van der Waals surface area contributed by atoms with Crippen molar-refractivity contribution in [2.24, 2.45) is 0 Å². The molecule has 0 radical (unpaired) electrons. The molecule has 1 aromatic heterocycles. The number of likely N-dealkylation sites (N-methyl/N-ethyl adjacent to an activating group) is 1. The quantitative estimate of drug-likeness (QED) is 0.450. The lowest BCUT2D eigenvalue weighted by Crippen LogP contribution is -2.30. The van der Waals surface area contributed by atoms with E-state index in [2.05, 4.69) is 15.6 Å². The van der Waals surface area contributed by atoms with Gasteiger partial charge in [-0.3, -0.25) is 14.4 Å². The maximum atomic E-state index is 13.5. The molecule has 0 unspecified atom stereocenters. The molecule has 2 amide bonds. The summed E-state index contributed by atoms with van der Waals surface area (Å²) in [7, 11) is 2.95. The monoisotopic (exact) mass is 485 g/mol. The van der Waals surface area contributed by atoms with Crippen LogP contribution in [-0.2, 0) is 4.79 Å². The number of rotatable bonds is 9. The molecule has 8 nitrogen and oxygen atoms in total. The lowest BCUT2D eigenvalue weighted by Gasteiger charge is -2.11. The Kier molecular flexibility index (Phi) is 8.15. The summed E-state index contributed by atoms with van der Waals surface area (Å²) in [6.07, 6.45) is 0. The lowest BCUT2D eigenvalue weighted by atomic mass is 10.1. The van der Waals surface area contributed by atoms with Gasteiger partial charge in [-0.05, 0) is 54.6 Å². The van der Waals surface area contributed by atoms with Gasteiger partial charge in [0.15, 0.2) is 12.4 Å². The molecule has 0 atom stereocenters. The first-order chi connectivity index (χ1) is 16.3. The number of methoxy groups -OCH3 is 1. The van der Waals surface area contributed by atoms with Gasteiger partial charge in [0.2, 0.25) is 0 Å². The number of nitrogens with one attached hydrogen (secondary N) is 2. The second-order valence-corrected chi connectivity index (χ2v) is 7.38. The Morgan fingerprint density at radius 3 is 2.44 bits per heavy atom. The molecule has 0 saturated carbocycles. The highest BCUT2D eigenvalue weighted by Crippen LogP contribution is 2.31. The van der Waals surface area contributed by atoms with E-state index in [-0.39, 0.29) is 29.8 Å². The van der Waals surface area contributed by atoms with Crippen molar-refractivity contribution in [3.63, 3.8) is 0 Å². The summed E-state index contributed by atoms with van der Waals surface area (Å²) in [6, 6.07) is 13.2. The first-order valence-corrected chi connectivity index (χ1v) is 10.5. The fourth-order valence-corrected chi connectivity index (χ4v) is 3.07. The third-order valence-electron chi connectivity index (χ3n) is 4.73. The zero-order chi connectivity index (χ0) is 24.7. The minimum Gasteiger partial charge on any atom is -0.494 e. The number of Topliss-reactive ketones (excluding diaryl/α,β-unsaturated/α-hetero) is 1. The molecule has 34 heavy (non-hydrogen) atoms. The first kappa shape index (κ1) is 24.7. The van der Waals surface area contributed by atoms with E-state index in [0.29, 0.717) is 28.3 Å². The molecule has 0 fully saturated rings. The number of pyridine rings is 1. The zero-order valence-corrected chi connectivity index (χ0v) is 19.1. The van der Waals surface area contributed by atoms with Gasteiger partial charge >= 0.3 is 0 Å². The van der Waals surface area contributed by atoms with Gasteiger partial charge in [0.25, 0.3) is 11.8 Å². The van der Waals surface area contributed by atoms with Gasteiger partial charge in [-0.25, -0.2) is 9.37 Å². The Bertz CT molecular complexity index is 1220. The molecule has 0 saturated heterocycles. The Labute approximate surface area is 200 Å². The van der Waals surface area contributed by atoms with E-state index in [1.807, 2.05) is 0 Å². The van der Waals surface area contributed by atoms with Crippen LogP contribution in [0.5, 0.6) is 11.5 Å². The van der Waals surface area contributed by atoms with Crippen LogP contribution < -0.4 is 20.1 Å². The van der Waals surface area contributed by atoms with Crippen LogP contribution in [0, 0.1) is 5.82 Å². The molecule has 0 aliphatic rings. The summed E-state index contributed by atoms with van der Waals surface area (Å²) in [5.41, 5.74) is 1.19. The van der Waals surface area contributed by atoms with Crippen molar-refractivity contribution in [3.05, 3.63) is 76.7 Å². The van der Waals surface area contributed by atoms with Gasteiger partial charge < -0.3 is 20.1 Å². The van der Waals surface area contributed by atoms with Gasteiger partial charge in [0, 0.05) is 18.2 Å². The van der Waals surface area contributed by atoms with Crippen molar-refractivity contribution in [1.82, 2.24) is 15.6 Å². The summed E-state index contributed by atoms with van der Waals surface area (Å²) in [5.74, 6) is -0.959. The number of carbonyl (C=O) groups is 3. The zero-order valence-electron chi connectivity index (χ0n) is 18.4. The number of ketones is 1. The molecule has 2 N–H and O–H groups in total. The van der Waals surface area contributed by atoms with Crippen LogP contribution in [0.15, 0.2) is 54.6 Å². The number of amides is 2. The van der Waals surface area contributed by atoms with Crippen LogP contribution in [0.3, 0.4) is 0 Å². The summed E-state index contributed by atoms with van der Waals surface area (Å²) in [4.78, 5) is 40.6. The minimum atomic E-state index is -0.578. The number of nitrogens with zero attached hydrogens (tertiary/aromatic N) is 1. The molecule has 176 valence electrons. The second-order valence-electron chi connectivity index (χ2n) is 6.97. The smallest absolute Gasteiger partial charge is 0.257 e. The molecular weight excluding hydrogens is 465 g/mol. The molecule has 0 aliphatic carbocycles. The van der Waals surface area contributed by atoms with Crippen molar-refractivity contribution in [3.8, 4) is 22.8 Å². The van der Waals surface area contributed by atoms with Crippen LogP contribution >= 0.6 is 11.6 Å². The topological polar surface area (TPSA) is 107 Å².